The van der Waals surface area contributed by atoms with E-state index < -0.39 is 11.9 Å². The van der Waals surface area contributed by atoms with Gasteiger partial charge in [-0.25, -0.2) is 19.2 Å². The van der Waals surface area contributed by atoms with Gasteiger partial charge in [0.15, 0.2) is 0 Å². The summed E-state index contributed by atoms with van der Waals surface area (Å²) in [5.74, 6) is -0.381. The minimum absolute atomic E-state index is 0.0462. The third kappa shape index (κ3) is 3.22. The van der Waals surface area contributed by atoms with Gasteiger partial charge in [-0.1, -0.05) is 23.7 Å². The number of hydrogen-bond acceptors (Lipinski definition) is 4. The van der Waals surface area contributed by atoms with Gasteiger partial charge >= 0.3 is 6.09 Å². The SMILES string of the molecule is N#Cc1cc2cccc(F)c2n1CCN(C(=O)O)c1cc(Cl)ncn1. The Bertz CT molecular complexity index is 998. The average Bonchev–Trinajstić information content (AvgIpc) is 2.94. The zero-order chi connectivity index (χ0) is 18.0. The molecule has 25 heavy (non-hydrogen) atoms. The highest BCUT2D eigenvalue weighted by Crippen LogP contribution is 2.23. The molecule has 2 heterocycles. The Kier molecular flexibility index (Phi) is 4.50. The molecule has 0 saturated heterocycles. The largest absolute Gasteiger partial charge is 0.465 e. The first-order chi connectivity index (χ1) is 12.0. The summed E-state index contributed by atoms with van der Waals surface area (Å²) in [7, 11) is 0. The lowest BCUT2D eigenvalue weighted by molar-refractivity contribution is 0.201. The molecule has 0 radical (unpaired) electrons. The monoisotopic (exact) mass is 359 g/mol. The molecule has 0 saturated carbocycles. The molecule has 0 atom stereocenters. The molecule has 1 aromatic carbocycles. The van der Waals surface area contributed by atoms with E-state index in [-0.39, 0.29) is 35.3 Å². The molecule has 0 aliphatic rings. The molecule has 1 amide bonds. The van der Waals surface area contributed by atoms with E-state index in [1.54, 1.807) is 18.2 Å². The molecule has 1 N–H and O–H groups in total. The summed E-state index contributed by atoms with van der Waals surface area (Å²) in [5.41, 5.74) is 0.497. The number of benzene rings is 1. The molecule has 0 spiro atoms. The van der Waals surface area contributed by atoms with Crippen molar-refractivity contribution < 1.29 is 14.3 Å². The Morgan fingerprint density at radius 1 is 1.40 bits per heavy atom. The summed E-state index contributed by atoms with van der Waals surface area (Å²) >= 11 is 5.77. The predicted molar refractivity (Wildman–Crippen MR) is 89.0 cm³/mol. The lowest BCUT2D eigenvalue weighted by atomic mass is 10.2. The molecule has 126 valence electrons. The highest BCUT2D eigenvalue weighted by molar-refractivity contribution is 6.29. The van der Waals surface area contributed by atoms with Crippen LogP contribution in [-0.4, -0.2) is 32.3 Å². The van der Waals surface area contributed by atoms with Crippen molar-refractivity contribution in [2.75, 3.05) is 11.4 Å². The average molecular weight is 360 g/mol. The fraction of sp³-hybridized carbons (Fsp3) is 0.125. The number of fused-ring (bicyclic) bond motifs is 1. The van der Waals surface area contributed by atoms with Crippen LogP contribution in [0.1, 0.15) is 5.69 Å². The number of para-hydroxylation sites is 1. The minimum Gasteiger partial charge on any atom is -0.465 e. The van der Waals surface area contributed by atoms with E-state index in [1.807, 2.05) is 6.07 Å². The van der Waals surface area contributed by atoms with E-state index in [4.69, 9.17) is 11.6 Å². The van der Waals surface area contributed by atoms with Crippen LogP contribution < -0.4 is 4.90 Å². The second kappa shape index (κ2) is 6.75. The number of carboxylic acid groups (broad SMARTS) is 1. The lowest BCUT2D eigenvalue weighted by Gasteiger charge is -2.19. The van der Waals surface area contributed by atoms with Crippen LogP contribution in [0.15, 0.2) is 36.7 Å². The number of nitriles is 1. The number of halogens is 2. The predicted octanol–water partition coefficient (Wildman–Crippen LogP) is 3.28. The second-order valence-corrected chi connectivity index (χ2v) is 5.49. The quantitative estimate of drug-likeness (QED) is 0.721. The standard InChI is InChI=1S/C16H11ClFN5O2/c17-13-7-14(21-9-20-13)23(16(24)25)5-4-22-11(8-19)6-10-2-1-3-12(18)15(10)22/h1-3,6-7,9H,4-5H2,(H,24,25). The van der Waals surface area contributed by atoms with Crippen molar-refractivity contribution in [3.8, 4) is 6.07 Å². The maximum absolute atomic E-state index is 14.2. The van der Waals surface area contributed by atoms with Gasteiger partial charge in [0.1, 0.15) is 34.9 Å². The van der Waals surface area contributed by atoms with Crippen LogP contribution in [0, 0.1) is 17.1 Å². The second-order valence-electron chi connectivity index (χ2n) is 5.10. The first-order valence-electron chi connectivity index (χ1n) is 7.17. The summed E-state index contributed by atoms with van der Waals surface area (Å²) in [5, 5.41) is 19.4. The van der Waals surface area contributed by atoms with E-state index in [1.165, 1.54) is 16.7 Å². The number of amides is 1. The van der Waals surface area contributed by atoms with Crippen LogP contribution in [-0.2, 0) is 6.54 Å². The molecular weight excluding hydrogens is 349 g/mol. The van der Waals surface area contributed by atoms with Crippen molar-refractivity contribution in [3.63, 3.8) is 0 Å². The van der Waals surface area contributed by atoms with Gasteiger partial charge in [-0.15, -0.1) is 0 Å². The van der Waals surface area contributed by atoms with Gasteiger partial charge in [-0.3, -0.25) is 4.90 Å². The Hall–Kier alpha value is -3.18. The summed E-state index contributed by atoms with van der Waals surface area (Å²) in [4.78, 5) is 20.1. The van der Waals surface area contributed by atoms with Gasteiger partial charge in [-0.2, -0.15) is 5.26 Å². The van der Waals surface area contributed by atoms with E-state index in [0.29, 0.717) is 5.39 Å². The van der Waals surface area contributed by atoms with Crippen LogP contribution >= 0.6 is 11.6 Å². The summed E-state index contributed by atoms with van der Waals surface area (Å²) in [6.45, 7) is 0.0245. The fourth-order valence-electron chi connectivity index (χ4n) is 2.58. The summed E-state index contributed by atoms with van der Waals surface area (Å²) in [6, 6.07) is 9.40. The van der Waals surface area contributed by atoms with E-state index in [0.717, 1.165) is 11.2 Å². The fourth-order valence-corrected chi connectivity index (χ4v) is 2.73. The number of hydrogen-bond donors (Lipinski definition) is 1. The van der Waals surface area contributed by atoms with Crippen LogP contribution in [0.4, 0.5) is 15.0 Å². The topological polar surface area (TPSA) is 95.0 Å². The van der Waals surface area contributed by atoms with E-state index in [9.17, 15) is 19.6 Å². The van der Waals surface area contributed by atoms with Crippen LogP contribution in [0.3, 0.4) is 0 Å². The van der Waals surface area contributed by atoms with Crippen molar-refractivity contribution in [2.24, 2.45) is 0 Å². The normalized spacial score (nSPS) is 10.6. The van der Waals surface area contributed by atoms with Gasteiger partial charge in [-0.05, 0) is 12.1 Å². The van der Waals surface area contributed by atoms with Crippen molar-refractivity contribution >= 4 is 34.4 Å². The number of aromatic nitrogens is 3. The minimum atomic E-state index is -1.25. The smallest absolute Gasteiger partial charge is 0.413 e. The van der Waals surface area contributed by atoms with Crippen LogP contribution in [0.25, 0.3) is 10.9 Å². The lowest BCUT2D eigenvalue weighted by Crippen LogP contribution is -2.33. The van der Waals surface area contributed by atoms with E-state index in [2.05, 4.69) is 9.97 Å². The number of rotatable bonds is 4. The first kappa shape index (κ1) is 16.7. The van der Waals surface area contributed by atoms with Gasteiger partial charge in [0.2, 0.25) is 0 Å². The third-order valence-electron chi connectivity index (χ3n) is 3.66. The third-order valence-corrected chi connectivity index (χ3v) is 3.87. The molecule has 9 heteroatoms. The maximum atomic E-state index is 14.2. The Morgan fingerprint density at radius 3 is 2.88 bits per heavy atom. The van der Waals surface area contributed by atoms with Crippen molar-refractivity contribution in [1.29, 1.82) is 5.26 Å². The molecule has 3 aromatic rings. The van der Waals surface area contributed by atoms with Crippen molar-refractivity contribution in [3.05, 3.63) is 53.3 Å². The zero-order valence-electron chi connectivity index (χ0n) is 12.7. The van der Waals surface area contributed by atoms with Crippen LogP contribution in [0.5, 0.6) is 0 Å². The molecule has 0 fully saturated rings. The molecule has 0 bridgehead atoms. The van der Waals surface area contributed by atoms with Crippen molar-refractivity contribution in [2.45, 2.75) is 6.54 Å². The number of anilines is 1. The van der Waals surface area contributed by atoms with Crippen molar-refractivity contribution in [1.82, 2.24) is 14.5 Å². The Balaban J connectivity index is 1.96. The summed E-state index contributed by atoms with van der Waals surface area (Å²) < 4.78 is 15.6. The number of carbonyl (C=O) groups is 1. The van der Waals surface area contributed by atoms with Gasteiger partial charge in [0.25, 0.3) is 0 Å². The Morgan fingerprint density at radius 2 is 2.20 bits per heavy atom. The maximum Gasteiger partial charge on any atom is 0.413 e. The molecule has 0 aliphatic carbocycles. The molecule has 0 aliphatic heterocycles. The molecule has 7 nitrogen and oxygen atoms in total. The molecule has 3 rings (SSSR count). The molecular formula is C16H11ClFN5O2. The van der Waals surface area contributed by atoms with Gasteiger partial charge in [0, 0.05) is 24.5 Å². The highest BCUT2D eigenvalue weighted by atomic mass is 35.5. The number of nitrogens with zero attached hydrogens (tertiary/aromatic N) is 5. The molecule has 2 aromatic heterocycles. The van der Waals surface area contributed by atoms with Gasteiger partial charge in [0.05, 0.1) is 5.52 Å². The summed E-state index contributed by atoms with van der Waals surface area (Å²) in [6.07, 6.45) is -0.0934. The first-order valence-corrected chi connectivity index (χ1v) is 7.55. The van der Waals surface area contributed by atoms with Crippen LogP contribution in [0.2, 0.25) is 5.15 Å². The molecule has 0 unspecified atom stereocenters. The zero-order valence-corrected chi connectivity index (χ0v) is 13.5. The van der Waals surface area contributed by atoms with Gasteiger partial charge < -0.3 is 9.67 Å². The van der Waals surface area contributed by atoms with E-state index >= 15 is 0 Å². The Labute approximate surface area is 146 Å². The highest BCUT2D eigenvalue weighted by Gasteiger charge is 2.19.